The number of pyridine rings is 1. The molecule has 0 N–H and O–H groups in total. The minimum absolute atomic E-state index is 0.0868. The summed E-state index contributed by atoms with van der Waals surface area (Å²) in [6.45, 7) is 5.28. The lowest BCUT2D eigenvalue weighted by Gasteiger charge is -2.29. The van der Waals surface area contributed by atoms with Crippen molar-refractivity contribution in [3.05, 3.63) is 59.2 Å². The average molecular weight is 350 g/mol. The Morgan fingerprint density at radius 3 is 2.73 bits per heavy atom. The molecule has 1 saturated carbocycles. The molecule has 0 aromatic carbocycles. The molecule has 1 fully saturated rings. The molecule has 2 aliphatic rings. The molecule has 3 atom stereocenters. The lowest BCUT2D eigenvalue weighted by Crippen LogP contribution is -2.36. The third kappa shape index (κ3) is 3.06. The van der Waals surface area contributed by atoms with Crippen LogP contribution in [0.15, 0.2) is 36.7 Å². The van der Waals surface area contributed by atoms with Crippen molar-refractivity contribution < 1.29 is 4.79 Å². The van der Waals surface area contributed by atoms with E-state index in [2.05, 4.69) is 22.2 Å². The first kappa shape index (κ1) is 17.0. The Balaban J connectivity index is 1.61. The van der Waals surface area contributed by atoms with E-state index in [1.165, 1.54) is 12.8 Å². The summed E-state index contributed by atoms with van der Waals surface area (Å²) in [7, 11) is 1.89. The van der Waals surface area contributed by atoms with Gasteiger partial charge >= 0.3 is 0 Å². The quantitative estimate of drug-likeness (QED) is 0.778. The van der Waals surface area contributed by atoms with Crippen molar-refractivity contribution in [3.63, 3.8) is 0 Å². The normalized spacial score (nSPS) is 23.6. The molecule has 0 spiro atoms. The van der Waals surface area contributed by atoms with Crippen molar-refractivity contribution in [1.29, 1.82) is 0 Å². The minimum atomic E-state index is 0.0868. The van der Waals surface area contributed by atoms with Crippen molar-refractivity contribution >= 4 is 5.91 Å². The van der Waals surface area contributed by atoms with E-state index in [1.54, 1.807) is 10.9 Å². The lowest BCUT2D eigenvalue weighted by atomic mass is 9.92. The Morgan fingerprint density at radius 2 is 2.15 bits per heavy atom. The Morgan fingerprint density at radius 1 is 1.31 bits per heavy atom. The number of hydrogen-bond donors (Lipinski definition) is 0. The van der Waals surface area contributed by atoms with Gasteiger partial charge in [-0.25, -0.2) is 0 Å². The number of aromatic nitrogens is 3. The maximum Gasteiger partial charge on any atom is 0.257 e. The van der Waals surface area contributed by atoms with Gasteiger partial charge in [-0.1, -0.05) is 18.2 Å². The fourth-order valence-electron chi connectivity index (χ4n) is 4.56. The first-order valence-corrected chi connectivity index (χ1v) is 9.39. The van der Waals surface area contributed by atoms with Crippen LogP contribution in [0.2, 0.25) is 0 Å². The predicted octanol–water partition coefficient (Wildman–Crippen LogP) is 3.29. The minimum Gasteiger partial charge on any atom is -0.334 e. The van der Waals surface area contributed by atoms with Gasteiger partial charge in [-0.3, -0.25) is 14.5 Å². The molecule has 2 aromatic heterocycles. The molecule has 0 saturated heterocycles. The van der Waals surface area contributed by atoms with E-state index in [0.29, 0.717) is 24.3 Å². The summed E-state index contributed by atoms with van der Waals surface area (Å²) >= 11 is 0. The molecule has 0 aliphatic heterocycles. The van der Waals surface area contributed by atoms with Gasteiger partial charge < -0.3 is 4.90 Å². The number of amides is 1. The SMILES string of the molecule is Cc1nn(C)c(C)c1C(=O)N(Cc1cccnc1)C[C@H]1C[C@H]2C=C[C@H]1C2. The molecule has 136 valence electrons. The predicted molar refractivity (Wildman–Crippen MR) is 101 cm³/mol. The Labute approximate surface area is 154 Å². The second-order valence-corrected chi connectivity index (χ2v) is 7.76. The summed E-state index contributed by atoms with van der Waals surface area (Å²) in [6.07, 6.45) is 10.8. The molecule has 0 unspecified atom stereocenters. The molecule has 26 heavy (non-hydrogen) atoms. The Kier molecular flexibility index (Phi) is 4.39. The number of hydrogen-bond acceptors (Lipinski definition) is 3. The second kappa shape index (κ2) is 6.71. The number of fused-ring (bicyclic) bond motifs is 2. The molecule has 2 heterocycles. The first-order chi connectivity index (χ1) is 12.5. The van der Waals surface area contributed by atoms with Crippen LogP contribution in [0.25, 0.3) is 0 Å². The third-order valence-electron chi connectivity index (χ3n) is 5.98. The topological polar surface area (TPSA) is 51.0 Å². The highest BCUT2D eigenvalue weighted by atomic mass is 16.2. The molecule has 4 rings (SSSR count). The lowest BCUT2D eigenvalue weighted by molar-refractivity contribution is 0.0703. The van der Waals surface area contributed by atoms with Gasteiger partial charge in [-0.05, 0) is 56.1 Å². The zero-order chi connectivity index (χ0) is 18.3. The molecule has 1 amide bonds. The van der Waals surface area contributed by atoms with Crippen molar-refractivity contribution in [2.24, 2.45) is 24.8 Å². The fourth-order valence-corrected chi connectivity index (χ4v) is 4.56. The first-order valence-electron chi connectivity index (χ1n) is 9.39. The van der Waals surface area contributed by atoms with Gasteiger partial charge in [-0.2, -0.15) is 5.10 Å². The maximum absolute atomic E-state index is 13.4. The summed E-state index contributed by atoms with van der Waals surface area (Å²) < 4.78 is 1.80. The van der Waals surface area contributed by atoms with Crippen molar-refractivity contribution in [2.45, 2.75) is 33.2 Å². The van der Waals surface area contributed by atoms with Crippen molar-refractivity contribution in [3.8, 4) is 0 Å². The largest absolute Gasteiger partial charge is 0.334 e. The summed E-state index contributed by atoms with van der Waals surface area (Å²) in [4.78, 5) is 19.7. The van der Waals surface area contributed by atoms with Gasteiger partial charge in [0.25, 0.3) is 5.91 Å². The number of allylic oxidation sites excluding steroid dienone is 2. The molecule has 2 aromatic rings. The maximum atomic E-state index is 13.4. The van der Waals surface area contributed by atoms with Gasteiger partial charge in [0, 0.05) is 38.2 Å². The van der Waals surface area contributed by atoms with Crippen LogP contribution in [0.3, 0.4) is 0 Å². The monoisotopic (exact) mass is 350 g/mol. The molecule has 2 aliphatic carbocycles. The van der Waals surface area contributed by atoms with E-state index in [9.17, 15) is 4.79 Å². The third-order valence-corrected chi connectivity index (χ3v) is 5.98. The smallest absolute Gasteiger partial charge is 0.257 e. The number of carbonyl (C=O) groups excluding carboxylic acids is 1. The van der Waals surface area contributed by atoms with Gasteiger partial charge in [0.15, 0.2) is 0 Å². The molecule has 5 nitrogen and oxygen atoms in total. The summed E-state index contributed by atoms with van der Waals surface area (Å²) in [6, 6.07) is 3.97. The van der Waals surface area contributed by atoms with Gasteiger partial charge in [-0.15, -0.1) is 0 Å². The fraction of sp³-hybridized carbons (Fsp3) is 0.476. The summed E-state index contributed by atoms with van der Waals surface area (Å²) in [5.74, 6) is 1.98. The molecular formula is C21H26N4O. The van der Waals surface area contributed by atoms with Gasteiger partial charge in [0.2, 0.25) is 0 Å². The highest BCUT2D eigenvalue weighted by Crippen LogP contribution is 2.43. The van der Waals surface area contributed by atoms with E-state index in [0.717, 1.165) is 29.1 Å². The van der Waals surface area contributed by atoms with E-state index < -0.39 is 0 Å². The number of rotatable bonds is 5. The van der Waals surface area contributed by atoms with Crippen LogP contribution in [-0.4, -0.2) is 32.1 Å². The van der Waals surface area contributed by atoms with E-state index >= 15 is 0 Å². The van der Waals surface area contributed by atoms with Crippen LogP contribution in [0.1, 0.15) is 40.2 Å². The average Bonchev–Trinajstić information content (AvgIpc) is 3.30. The van der Waals surface area contributed by atoms with Crippen LogP contribution < -0.4 is 0 Å². The number of nitrogens with zero attached hydrogens (tertiary/aromatic N) is 4. The summed E-state index contributed by atoms with van der Waals surface area (Å²) in [5.41, 5.74) is 3.55. The van der Waals surface area contributed by atoms with Crippen LogP contribution in [0, 0.1) is 31.6 Å². The van der Waals surface area contributed by atoms with Gasteiger partial charge in [0.05, 0.1) is 11.3 Å². The van der Waals surface area contributed by atoms with E-state index in [4.69, 9.17) is 0 Å². The van der Waals surface area contributed by atoms with E-state index in [-0.39, 0.29) is 5.91 Å². The van der Waals surface area contributed by atoms with Crippen molar-refractivity contribution in [2.75, 3.05) is 6.54 Å². The highest BCUT2D eigenvalue weighted by Gasteiger charge is 2.37. The van der Waals surface area contributed by atoms with Crippen LogP contribution in [0.4, 0.5) is 0 Å². The molecular weight excluding hydrogens is 324 g/mol. The van der Waals surface area contributed by atoms with Crippen LogP contribution in [-0.2, 0) is 13.6 Å². The van der Waals surface area contributed by atoms with Crippen molar-refractivity contribution in [1.82, 2.24) is 19.7 Å². The Hall–Kier alpha value is -2.43. The van der Waals surface area contributed by atoms with Crippen LogP contribution in [0.5, 0.6) is 0 Å². The second-order valence-electron chi connectivity index (χ2n) is 7.76. The molecule has 0 radical (unpaired) electrons. The van der Waals surface area contributed by atoms with E-state index in [1.807, 2.05) is 44.1 Å². The summed E-state index contributed by atoms with van der Waals surface area (Å²) in [5, 5.41) is 4.44. The highest BCUT2D eigenvalue weighted by molar-refractivity contribution is 5.96. The zero-order valence-corrected chi connectivity index (χ0v) is 15.7. The Bertz CT molecular complexity index is 839. The molecule has 2 bridgehead atoms. The molecule has 5 heteroatoms. The number of aryl methyl sites for hydroxylation is 2. The standard InChI is InChI=1S/C21H26N4O/c1-14-20(15(2)24(3)23-14)21(26)25(12-17-5-4-8-22-11-17)13-19-10-16-6-7-18(19)9-16/h4-8,11,16,18-19H,9-10,12-13H2,1-3H3/t16-,18-,19+/m0/s1. The van der Waals surface area contributed by atoms with Crippen LogP contribution >= 0.6 is 0 Å². The zero-order valence-electron chi connectivity index (χ0n) is 15.7. The van der Waals surface area contributed by atoms with Gasteiger partial charge in [0.1, 0.15) is 0 Å². The number of carbonyl (C=O) groups is 1.